The van der Waals surface area contributed by atoms with Crippen molar-refractivity contribution in [2.24, 2.45) is 5.73 Å². The number of hydrogen-bond donors (Lipinski definition) is 2. The molecule has 1 heterocycles. The van der Waals surface area contributed by atoms with Crippen LogP contribution in [0.5, 0.6) is 0 Å². The molecule has 0 radical (unpaired) electrons. The Morgan fingerprint density at radius 1 is 1.33 bits per heavy atom. The van der Waals surface area contributed by atoms with Gasteiger partial charge in [0.05, 0.1) is 12.0 Å². The molecule has 78 valence electrons. The molecular formula is C11H13N3O. The lowest BCUT2D eigenvalue weighted by Crippen LogP contribution is -2.11. The average Bonchev–Trinajstić information content (AvgIpc) is 2.78. The van der Waals surface area contributed by atoms with Gasteiger partial charge in [-0.15, -0.1) is 0 Å². The summed E-state index contributed by atoms with van der Waals surface area (Å²) in [5, 5.41) is 9.49. The summed E-state index contributed by atoms with van der Waals surface area (Å²) in [7, 11) is 0. The third-order valence-electron chi connectivity index (χ3n) is 2.22. The SMILES string of the molecule is NCC(O)c1cn(-c2ccccc2)cn1. The number of nitrogens with two attached hydrogens (primary N) is 1. The molecule has 4 nitrogen and oxygen atoms in total. The second kappa shape index (κ2) is 4.25. The van der Waals surface area contributed by atoms with Gasteiger partial charge in [0, 0.05) is 18.4 Å². The number of aliphatic hydroxyl groups is 1. The zero-order valence-electron chi connectivity index (χ0n) is 8.24. The Hall–Kier alpha value is -1.65. The first-order chi connectivity index (χ1) is 7.31. The number of imidazole rings is 1. The van der Waals surface area contributed by atoms with Crippen molar-refractivity contribution in [3.63, 3.8) is 0 Å². The summed E-state index contributed by atoms with van der Waals surface area (Å²) in [6.07, 6.45) is 2.77. The van der Waals surface area contributed by atoms with Gasteiger partial charge in [-0.3, -0.25) is 0 Å². The number of hydrogen-bond acceptors (Lipinski definition) is 3. The van der Waals surface area contributed by atoms with E-state index in [0.29, 0.717) is 5.69 Å². The van der Waals surface area contributed by atoms with Gasteiger partial charge in [-0.25, -0.2) is 4.98 Å². The first-order valence-electron chi connectivity index (χ1n) is 4.78. The van der Waals surface area contributed by atoms with Crippen LogP contribution in [0.15, 0.2) is 42.9 Å². The normalized spacial score (nSPS) is 12.7. The molecule has 1 unspecified atom stereocenters. The molecule has 0 saturated carbocycles. The van der Waals surface area contributed by atoms with E-state index in [-0.39, 0.29) is 6.54 Å². The third-order valence-corrected chi connectivity index (χ3v) is 2.22. The predicted octanol–water partition coefficient (Wildman–Crippen LogP) is 0.864. The van der Waals surface area contributed by atoms with E-state index in [1.165, 1.54) is 0 Å². The molecule has 1 atom stereocenters. The van der Waals surface area contributed by atoms with Crippen molar-refractivity contribution < 1.29 is 5.11 Å². The lowest BCUT2D eigenvalue weighted by atomic mass is 10.3. The molecule has 1 aromatic carbocycles. The summed E-state index contributed by atoms with van der Waals surface area (Å²) in [5.74, 6) is 0. The summed E-state index contributed by atoms with van der Waals surface area (Å²) in [6.45, 7) is 0.186. The van der Waals surface area contributed by atoms with Crippen molar-refractivity contribution in [3.05, 3.63) is 48.5 Å². The average molecular weight is 203 g/mol. The number of aromatic nitrogens is 2. The molecule has 1 aromatic heterocycles. The summed E-state index contributed by atoms with van der Waals surface area (Å²) in [4.78, 5) is 4.10. The van der Waals surface area contributed by atoms with Gasteiger partial charge in [-0.1, -0.05) is 18.2 Å². The monoisotopic (exact) mass is 203 g/mol. The molecule has 2 rings (SSSR count). The van der Waals surface area contributed by atoms with Crippen LogP contribution in [0.2, 0.25) is 0 Å². The van der Waals surface area contributed by atoms with Crippen molar-refractivity contribution >= 4 is 0 Å². The highest BCUT2D eigenvalue weighted by atomic mass is 16.3. The van der Waals surface area contributed by atoms with Gasteiger partial charge in [0.25, 0.3) is 0 Å². The van der Waals surface area contributed by atoms with Gasteiger partial charge in [0.2, 0.25) is 0 Å². The fourth-order valence-corrected chi connectivity index (χ4v) is 1.37. The number of nitrogens with zero attached hydrogens (tertiary/aromatic N) is 2. The van der Waals surface area contributed by atoms with Crippen molar-refractivity contribution in [2.45, 2.75) is 6.10 Å². The quantitative estimate of drug-likeness (QED) is 0.777. The summed E-state index contributed by atoms with van der Waals surface area (Å²) in [6, 6.07) is 9.80. The molecule has 0 spiro atoms. The summed E-state index contributed by atoms with van der Waals surface area (Å²) < 4.78 is 1.86. The fourth-order valence-electron chi connectivity index (χ4n) is 1.37. The predicted molar refractivity (Wildman–Crippen MR) is 57.6 cm³/mol. The summed E-state index contributed by atoms with van der Waals surface area (Å²) in [5.41, 5.74) is 6.97. The van der Waals surface area contributed by atoms with E-state index >= 15 is 0 Å². The molecule has 15 heavy (non-hydrogen) atoms. The molecule has 0 bridgehead atoms. The minimum Gasteiger partial charge on any atom is -0.385 e. The van der Waals surface area contributed by atoms with Gasteiger partial charge < -0.3 is 15.4 Å². The van der Waals surface area contributed by atoms with Crippen LogP contribution in [0, 0.1) is 0 Å². The second-order valence-electron chi connectivity index (χ2n) is 3.29. The first-order valence-corrected chi connectivity index (χ1v) is 4.78. The number of benzene rings is 1. The molecule has 3 N–H and O–H groups in total. The van der Waals surface area contributed by atoms with Gasteiger partial charge in [0.15, 0.2) is 0 Å². The van der Waals surface area contributed by atoms with Crippen LogP contribution < -0.4 is 5.73 Å². The Labute approximate surface area is 88.0 Å². The van der Waals surface area contributed by atoms with Crippen LogP contribution >= 0.6 is 0 Å². The van der Waals surface area contributed by atoms with Crippen LogP contribution in [0.1, 0.15) is 11.8 Å². The molecule has 2 aromatic rings. The molecule has 0 aliphatic rings. The number of rotatable bonds is 3. The molecule has 0 aliphatic heterocycles. The van der Waals surface area contributed by atoms with Crippen LogP contribution in [0.25, 0.3) is 5.69 Å². The minimum absolute atomic E-state index is 0.186. The topological polar surface area (TPSA) is 64.1 Å². The largest absolute Gasteiger partial charge is 0.385 e. The van der Waals surface area contributed by atoms with E-state index in [1.54, 1.807) is 12.5 Å². The maximum atomic E-state index is 9.49. The van der Waals surface area contributed by atoms with Gasteiger partial charge in [-0.05, 0) is 12.1 Å². The van der Waals surface area contributed by atoms with Crippen LogP contribution in [-0.2, 0) is 0 Å². The van der Waals surface area contributed by atoms with E-state index in [0.717, 1.165) is 5.69 Å². The van der Waals surface area contributed by atoms with Gasteiger partial charge in [-0.2, -0.15) is 0 Å². The Kier molecular flexibility index (Phi) is 2.80. The van der Waals surface area contributed by atoms with Crippen molar-refractivity contribution in [3.8, 4) is 5.69 Å². The Morgan fingerprint density at radius 3 is 2.73 bits per heavy atom. The smallest absolute Gasteiger partial charge is 0.110 e. The van der Waals surface area contributed by atoms with Gasteiger partial charge >= 0.3 is 0 Å². The van der Waals surface area contributed by atoms with E-state index in [4.69, 9.17) is 5.73 Å². The minimum atomic E-state index is -0.685. The van der Waals surface area contributed by atoms with Crippen molar-refractivity contribution in [1.82, 2.24) is 9.55 Å². The highest BCUT2D eigenvalue weighted by Crippen LogP contribution is 2.12. The highest BCUT2D eigenvalue weighted by molar-refractivity contribution is 5.31. The van der Waals surface area contributed by atoms with Crippen LogP contribution in [-0.4, -0.2) is 21.2 Å². The zero-order valence-corrected chi connectivity index (χ0v) is 8.24. The molecule has 0 aliphatic carbocycles. The van der Waals surface area contributed by atoms with E-state index in [9.17, 15) is 5.11 Å². The summed E-state index contributed by atoms with van der Waals surface area (Å²) >= 11 is 0. The van der Waals surface area contributed by atoms with Crippen molar-refractivity contribution in [2.75, 3.05) is 6.54 Å². The third kappa shape index (κ3) is 2.06. The lowest BCUT2D eigenvalue weighted by molar-refractivity contribution is 0.182. The number of para-hydroxylation sites is 1. The Bertz CT molecular complexity index is 424. The first kappa shape index (κ1) is 9.89. The van der Waals surface area contributed by atoms with Crippen molar-refractivity contribution in [1.29, 1.82) is 0 Å². The highest BCUT2D eigenvalue weighted by Gasteiger charge is 2.08. The maximum absolute atomic E-state index is 9.49. The molecule has 0 saturated heterocycles. The standard InChI is InChI=1S/C11H13N3O/c12-6-11(15)10-7-14(8-13-10)9-4-2-1-3-5-9/h1-5,7-8,11,15H,6,12H2. The Balaban J connectivity index is 2.28. The maximum Gasteiger partial charge on any atom is 0.110 e. The van der Waals surface area contributed by atoms with E-state index in [2.05, 4.69) is 4.98 Å². The number of aliphatic hydroxyl groups excluding tert-OH is 1. The molecule has 0 fully saturated rings. The van der Waals surface area contributed by atoms with E-state index < -0.39 is 6.10 Å². The van der Waals surface area contributed by atoms with Crippen LogP contribution in [0.4, 0.5) is 0 Å². The second-order valence-corrected chi connectivity index (χ2v) is 3.29. The molecule has 4 heteroatoms. The van der Waals surface area contributed by atoms with E-state index in [1.807, 2.05) is 34.9 Å². The van der Waals surface area contributed by atoms with Crippen LogP contribution in [0.3, 0.4) is 0 Å². The Morgan fingerprint density at radius 2 is 2.07 bits per heavy atom. The van der Waals surface area contributed by atoms with Gasteiger partial charge in [0.1, 0.15) is 6.10 Å². The molecular weight excluding hydrogens is 190 g/mol. The molecule has 0 amide bonds. The lowest BCUT2D eigenvalue weighted by Gasteiger charge is -2.02. The zero-order chi connectivity index (χ0) is 10.7. The fraction of sp³-hybridized carbons (Fsp3) is 0.182.